The second-order valence-corrected chi connectivity index (χ2v) is 5.52. The highest BCUT2D eigenvalue weighted by molar-refractivity contribution is 9.10. The SMILES string of the molecule is Cc1cc(Br)cnc1Oc1cc([N+](=O)[O-])ccc1Br. The van der Waals surface area contributed by atoms with Gasteiger partial charge in [0, 0.05) is 22.3 Å². The third-order valence-corrected chi connectivity index (χ3v) is 3.42. The first-order valence-corrected chi connectivity index (χ1v) is 6.80. The van der Waals surface area contributed by atoms with Crippen LogP contribution in [0.4, 0.5) is 5.69 Å². The number of hydrogen-bond donors (Lipinski definition) is 0. The molecular weight excluding hydrogens is 380 g/mol. The minimum absolute atomic E-state index is 0.0343. The molecule has 0 amide bonds. The lowest BCUT2D eigenvalue weighted by Crippen LogP contribution is -1.94. The molecule has 0 radical (unpaired) electrons. The Hall–Kier alpha value is -1.47. The van der Waals surface area contributed by atoms with Gasteiger partial charge in [0.1, 0.15) is 0 Å². The Balaban J connectivity index is 2.37. The Bertz CT molecular complexity index is 647. The van der Waals surface area contributed by atoms with E-state index in [2.05, 4.69) is 36.8 Å². The van der Waals surface area contributed by atoms with Crippen molar-refractivity contribution < 1.29 is 9.66 Å². The summed E-state index contributed by atoms with van der Waals surface area (Å²) in [5, 5.41) is 10.7. The van der Waals surface area contributed by atoms with Gasteiger partial charge in [-0.15, -0.1) is 0 Å². The van der Waals surface area contributed by atoms with Crippen molar-refractivity contribution in [3.8, 4) is 11.6 Å². The van der Waals surface area contributed by atoms with Crippen LogP contribution in [0.25, 0.3) is 0 Å². The van der Waals surface area contributed by atoms with E-state index in [9.17, 15) is 10.1 Å². The van der Waals surface area contributed by atoms with E-state index in [1.54, 1.807) is 12.3 Å². The quantitative estimate of drug-likeness (QED) is 0.569. The molecule has 98 valence electrons. The van der Waals surface area contributed by atoms with Gasteiger partial charge in [-0.2, -0.15) is 0 Å². The number of nitro benzene ring substituents is 1. The second-order valence-electron chi connectivity index (χ2n) is 3.75. The molecule has 1 aromatic carbocycles. The van der Waals surface area contributed by atoms with Crippen LogP contribution in [0.5, 0.6) is 11.6 Å². The number of halogens is 2. The van der Waals surface area contributed by atoms with Gasteiger partial charge in [0.15, 0.2) is 5.75 Å². The van der Waals surface area contributed by atoms with Crippen molar-refractivity contribution in [3.63, 3.8) is 0 Å². The van der Waals surface area contributed by atoms with Gasteiger partial charge in [0.2, 0.25) is 5.88 Å². The van der Waals surface area contributed by atoms with E-state index < -0.39 is 4.92 Å². The summed E-state index contributed by atoms with van der Waals surface area (Å²) in [6, 6.07) is 6.18. The van der Waals surface area contributed by atoms with E-state index in [1.165, 1.54) is 12.1 Å². The maximum atomic E-state index is 10.7. The Morgan fingerprint density at radius 3 is 2.68 bits per heavy atom. The van der Waals surface area contributed by atoms with Crippen LogP contribution in [0.1, 0.15) is 5.56 Å². The fourth-order valence-electron chi connectivity index (χ4n) is 1.42. The minimum atomic E-state index is -0.471. The van der Waals surface area contributed by atoms with Crippen LogP contribution in [-0.4, -0.2) is 9.91 Å². The summed E-state index contributed by atoms with van der Waals surface area (Å²) in [4.78, 5) is 14.4. The molecule has 1 heterocycles. The van der Waals surface area contributed by atoms with Gasteiger partial charge in [-0.05, 0) is 50.9 Å². The Labute approximate surface area is 126 Å². The van der Waals surface area contributed by atoms with Crippen LogP contribution in [0.3, 0.4) is 0 Å². The first-order valence-electron chi connectivity index (χ1n) is 5.21. The third-order valence-electron chi connectivity index (χ3n) is 2.33. The third kappa shape index (κ3) is 3.30. The summed E-state index contributed by atoms with van der Waals surface area (Å²) in [6.07, 6.45) is 1.60. The van der Waals surface area contributed by atoms with Gasteiger partial charge in [0.05, 0.1) is 15.5 Å². The molecule has 5 nitrogen and oxygen atoms in total. The zero-order valence-corrected chi connectivity index (χ0v) is 12.9. The molecule has 0 fully saturated rings. The number of benzene rings is 1. The molecule has 0 aliphatic heterocycles. The number of nitrogens with zero attached hydrogens (tertiary/aromatic N) is 2. The molecular formula is C12H8Br2N2O3. The van der Waals surface area contributed by atoms with Gasteiger partial charge in [-0.3, -0.25) is 10.1 Å². The summed E-state index contributed by atoms with van der Waals surface area (Å²) in [6.45, 7) is 1.85. The van der Waals surface area contributed by atoms with E-state index in [0.29, 0.717) is 16.1 Å². The molecule has 0 N–H and O–H groups in total. The van der Waals surface area contributed by atoms with Crippen LogP contribution in [0, 0.1) is 17.0 Å². The average molecular weight is 388 g/mol. The molecule has 7 heteroatoms. The number of non-ortho nitro benzene ring substituents is 1. The first kappa shape index (κ1) is 14.0. The molecule has 0 aliphatic carbocycles. The molecule has 0 atom stereocenters. The Morgan fingerprint density at radius 2 is 2.05 bits per heavy atom. The topological polar surface area (TPSA) is 65.3 Å². The largest absolute Gasteiger partial charge is 0.437 e. The molecule has 19 heavy (non-hydrogen) atoms. The van der Waals surface area contributed by atoms with Crippen molar-refractivity contribution in [2.75, 3.05) is 0 Å². The number of pyridine rings is 1. The van der Waals surface area contributed by atoms with Gasteiger partial charge in [-0.1, -0.05) is 0 Å². The van der Waals surface area contributed by atoms with Crippen LogP contribution in [-0.2, 0) is 0 Å². The number of aryl methyl sites for hydroxylation is 1. The monoisotopic (exact) mass is 386 g/mol. The molecule has 0 unspecified atom stereocenters. The van der Waals surface area contributed by atoms with Crippen molar-refractivity contribution in [1.82, 2.24) is 4.98 Å². The van der Waals surface area contributed by atoms with Gasteiger partial charge < -0.3 is 4.74 Å². The standard InChI is InChI=1S/C12H8Br2N2O3/c1-7-4-8(13)6-15-12(7)19-11-5-9(16(17)18)2-3-10(11)14/h2-6H,1H3. The zero-order valence-electron chi connectivity index (χ0n) is 9.76. The highest BCUT2D eigenvalue weighted by atomic mass is 79.9. The van der Waals surface area contributed by atoms with E-state index >= 15 is 0 Å². The number of ether oxygens (including phenoxy) is 1. The number of nitro groups is 1. The molecule has 1 aromatic heterocycles. The van der Waals surface area contributed by atoms with Crippen molar-refractivity contribution in [3.05, 3.63) is 55.1 Å². The van der Waals surface area contributed by atoms with Crippen molar-refractivity contribution in [2.45, 2.75) is 6.92 Å². The molecule has 0 spiro atoms. The van der Waals surface area contributed by atoms with Crippen LogP contribution >= 0.6 is 31.9 Å². The predicted octanol–water partition coefficient (Wildman–Crippen LogP) is 4.62. The fraction of sp³-hybridized carbons (Fsp3) is 0.0833. The molecule has 0 bridgehead atoms. The highest BCUT2D eigenvalue weighted by Crippen LogP contribution is 2.33. The highest BCUT2D eigenvalue weighted by Gasteiger charge is 2.12. The molecule has 0 saturated heterocycles. The fourth-order valence-corrected chi connectivity index (χ4v) is 2.20. The second kappa shape index (κ2) is 5.66. The van der Waals surface area contributed by atoms with Crippen LogP contribution in [0.2, 0.25) is 0 Å². The first-order chi connectivity index (χ1) is 8.97. The maximum absolute atomic E-state index is 10.7. The number of rotatable bonds is 3. The predicted molar refractivity (Wildman–Crippen MR) is 77.5 cm³/mol. The van der Waals surface area contributed by atoms with Crippen molar-refractivity contribution in [1.29, 1.82) is 0 Å². The maximum Gasteiger partial charge on any atom is 0.273 e. The summed E-state index contributed by atoms with van der Waals surface area (Å²) >= 11 is 6.60. The average Bonchev–Trinajstić information content (AvgIpc) is 2.34. The number of aromatic nitrogens is 1. The van der Waals surface area contributed by atoms with Crippen LogP contribution < -0.4 is 4.74 Å². The van der Waals surface area contributed by atoms with E-state index in [1.807, 2.05) is 13.0 Å². The van der Waals surface area contributed by atoms with Gasteiger partial charge in [0.25, 0.3) is 5.69 Å². The summed E-state index contributed by atoms with van der Waals surface area (Å²) in [5.41, 5.74) is 0.792. The Kier molecular flexibility index (Phi) is 4.16. The lowest BCUT2D eigenvalue weighted by atomic mass is 10.3. The normalized spacial score (nSPS) is 10.3. The van der Waals surface area contributed by atoms with Crippen molar-refractivity contribution >= 4 is 37.5 Å². The van der Waals surface area contributed by atoms with E-state index in [-0.39, 0.29) is 5.69 Å². The van der Waals surface area contributed by atoms with Gasteiger partial charge >= 0.3 is 0 Å². The number of hydrogen-bond acceptors (Lipinski definition) is 4. The molecule has 0 aliphatic rings. The summed E-state index contributed by atoms with van der Waals surface area (Å²) < 4.78 is 7.07. The smallest absolute Gasteiger partial charge is 0.273 e. The molecule has 0 saturated carbocycles. The summed E-state index contributed by atoms with van der Waals surface area (Å²) in [5.74, 6) is 0.761. The lowest BCUT2D eigenvalue weighted by molar-refractivity contribution is -0.384. The zero-order chi connectivity index (χ0) is 14.0. The lowest BCUT2D eigenvalue weighted by Gasteiger charge is -2.09. The van der Waals surface area contributed by atoms with Gasteiger partial charge in [-0.25, -0.2) is 4.98 Å². The molecule has 2 aromatic rings. The summed E-state index contributed by atoms with van der Waals surface area (Å²) in [7, 11) is 0. The minimum Gasteiger partial charge on any atom is -0.437 e. The van der Waals surface area contributed by atoms with E-state index in [0.717, 1.165) is 10.0 Å². The molecule has 2 rings (SSSR count). The Morgan fingerprint density at radius 1 is 1.32 bits per heavy atom. The van der Waals surface area contributed by atoms with E-state index in [4.69, 9.17) is 4.74 Å². The van der Waals surface area contributed by atoms with Crippen LogP contribution in [0.15, 0.2) is 39.4 Å². The van der Waals surface area contributed by atoms with Crippen molar-refractivity contribution in [2.24, 2.45) is 0 Å².